The number of rotatable bonds is 0. The van der Waals surface area contributed by atoms with Crippen LogP contribution in [0.4, 0.5) is 0 Å². The normalized spacial score (nSPS) is 50.7. The van der Waals surface area contributed by atoms with Crippen LogP contribution in [0.5, 0.6) is 0 Å². The van der Waals surface area contributed by atoms with E-state index in [1.165, 1.54) is 0 Å². The van der Waals surface area contributed by atoms with Gasteiger partial charge in [-0.1, -0.05) is 13.8 Å². The molecule has 2 rings (SSSR count). The lowest BCUT2D eigenvalue weighted by molar-refractivity contribution is -0.124. The minimum Gasteiger partial charge on any atom is -0.393 e. The van der Waals surface area contributed by atoms with E-state index in [9.17, 15) is 9.90 Å². The maximum atomic E-state index is 11.3. The Kier molecular flexibility index (Phi) is 1.99. The zero-order chi connectivity index (χ0) is 9.64. The van der Waals surface area contributed by atoms with Crippen LogP contribution in [0.1, 0.15) is 39.5 Å². The zero-order valence-corrected chi connectivity index (χ0v) is 8.42. The van der Waals surface area contributed by atoms with Crippen molar-refractivity contribution in [1.29, 1.82) is 0 Å². The van der Waals surface area contributed by atoms with E-state index in [1.807, 2.05) is 0 Å². The fourth-order valence-corrected chi connectivity index (χ4v) is 3.11. The van der Waals surface area contributed by atoms with E-state index in [4.69, 9.17) is 0 Å². The number of carbonyl (C=O) groups is 1. The van der Waals surface area contributed by atoms with E-state index in [-0.39, 0.29) is 11.5 Å². The van der Waals surface area contributed by atoms with Crippen molar-refractivity contribution in [3.05, 3.63) is 0 Å². The van der Waals surface area contributed by atoms with Crippen molar-refractivity contribution >= 4 is 5.78 Å². The summed E-state index contributed by atoms with van der Waals surface area (Å²) in [6.07, 6.45) is 3.07. The van der Waals surface area contributed by atoms with Gasteiger partial charge < -0.3 is 5.11 Å². The van der Waals surface area contributed by atoms with Crippen molar-refractivity contribution in [2.75, 3.05) is 0 Å². The Morgan fingerprint density at radius 3 is 2.92 bits per heavy atom. The van der Waals surface area contributed by atoms with Gasteiger partial charge in [-0.2, -0.15) is 0 Å². The van der Waals surface area contributed by atoms with Gasteiger partial charge in [-0.15, -0.1) is 0 Å². The summed E-state index contributed by atoms with van der Waals surface area (Å²) >= 11 is 0. The molecule has 2 saturated carbocycles. The number of aliphatic hydroxyl groups is 1. The number of carbonyl (C=O) groups excluding carboxylic acids is 1. The van der Waals surface area contributed by atoms with E-state index < -0.39 is 0 Å². The molecule has 0 amide bonds. The second-order valence-electron chi connectivity index (χ2n) is 5.04. The Morgan fingerprint density at radius 1 is 1.54 bits per heavy atom. The first kappa shape index (κ1) is 9.20. The fraction of sp³-hybridized carbons (Fsp3) is 0.909. The minimum atomic E-state index is -0.180. The first-order valence-electron chi connectivity index (χ1n) is 5.24. The van der Waals surface area contributed by atoms with Crippen LogP contribution in [0, 0.1) is 17.3 Å². The van der Waals surface area contributed by atoms with Crippen molar-refractivity contribution in [3.8, 4) is 0 Å². The molecule has 0 aromatic carbocycles. The molecule has 0 aromatic heterocycles. The smallest absolute Gasteiger partial charge is 0.133 e. The molecule has 4 atom stereocenters. The third-order valence-electron chi connectivity index (χ3n) is 4.49. The molecule has 0 radical (unpaired) electrons. The number of fused-ring (bicyclic) bond motifs is 1. The van der Waals surface area contributed by atoms with Gasteiger partial charge in [-0.25, -0.2) is 0 Å². The molecule has 0 saturated heterocycles. The zero-order valence-electron chi connectivity index (χ0n) is 8.42. The van der Waals surface area contributed by atoms with Gasteiger partial charge in [0.25, 0.3) is 0 Å². The lowest BCUT2D eigenvalue weighted by atomic mass is 9.65. The van der Waals surface area contributed by atoms with Gasteiger partial charge in [-0.3, -0.25) is 4.79 Å². The molecule has 74 valence electrons. The van der Waals surface area contributed by atoms with E-state index in [0.29, 0.717) is 24.0 Å². The Balaban J connectivity index is 2.22. The Hall–Kier alpha value is -0.370. The van der Waals surface area contributed by atoms with Crippen molar-refractivity contribution in [3.63, 3.8) is 0 Å². The highest BCUT2D eigenvalue weighted by Crippen LogP contribution is 2.54. The quantitative estimate of drug-likeness (QED) is 0.620. The van der Waals surface area contributed by atoms with E-state index >= 15 is 0 Å². The van der Waals surface area contributed by atoms with Gasteiger partial charge in [0.05, 0.1) is 6.10 Å². The molecular formula is C11H18O2. The molecule has 0 bridgehead atoms. The Bertz CT molecular complexity index is 236. The highest BCUT2D eigenvalue weighted by molar-refractivity contribution is 5.79. The van der Waals surface area contributed by atoms with Gasteiger partial charge in [-0.05, 0) is 30.1 Å². The van der Waals surface area contributed by atoms with Crippen LogP contribution in [0.25, 0.3) is 0 Å². The standard InChI is InChI=1S/C11H18O2/c1-7-10(13)6-8-5-9(12)3-4-11(7,8)2/h7-8,10,13H,3-6H2,1-2H3/t7-,8-,10+,11+/m0/s1. The average Bonchev–Trinajstić information content (AvgIpc) is 2.29. The number of ketones is 1. The maximum Gasteiger partial charge on any atom is 0.133 e. The molecule has 2 aliphatic carbocycles. The van der Waals surface area contributed by atoms with Crippen molar-refractivity contribution in [2.24, 2.45) is 17.3 Å². The highest BCUT2D eigenvalue weighted by Gasteiger charge is 2.51. The number of aliphatic hydroxyl groups excluding tert-OH is 1. The second kappa shape index (κ2) is 2.81. The predicted octanol–water partition coefficient (Wildman–Crippen LogP) is 1.76. The van der Waals surface area contributed by atoms with Gasteiger partial charge in [0, 0.05) is 12.8 Å². The van der Waals surface area contributed by atoms with Crippen LogP contribution in [0.3, 0.4) is 0 Å². The summed E-state index contributed by atoms with van der Waals surface area (Å²) in [5, 5.41) is 9.77. The van der Waals surface area contributed by atoms with Gasteiger partial charge in [0.1, 0.15) is 5.78 Å². The summed E-state index contributed by atoms with van der Waals surface area (Å²) in [6.45, 7) is 4.37. The Morgan fingerprint density at radius 2 is 2.23 bits per heavy atom. The maximum absolute atomic E-state index is 11.3. The highest BCUT2D eigenvalue weighted by atomic mass is 16.3. The molecule has 1 N–H and O–H groups in total. The van der Waals surface area contributed by atoms with Crippen LogP contribution in [0.15, 0.2) is 0 Å². The van der Waals surface area contributed by atoms with E-state index in [2.05, 4.69) is 13.8 Å². The van der Waals surface area contributed by atoms with Crippen LogP contribution in [-0.4, -0.2) is 17.0 Å². The third kappa shape index (κ3) is 1.23. The average molecular weight is 182 g/mol. The molecule has 13 heavy (non-hydrogen) atoms. The summed E-state index contributed by atoms with van der Waals surface area (Å²) in [4.78, 5) is 11.3. The van der Waals surface area contributed by atoms with E-state index in [0.717, 1.165) is 19.3 Å². The molecule has 0 unspecified atom stereocenters. The monoisotopic (exact) mass is 182 g/mol. The van der Waals surface area contributed by atoms with Crippen molar-refractivity contribution < 1.29 is 9.90 Å². The fourth-order valence-electron chi connectivity index (χ4n) is 3.11. The predicted molar refractivity (Wildman–Crippen MR) is 50.2 cm³/mol. The second-order valence-corrected chi connectivity index (χ2v) is 5.04. The molecule has 0 aliphatic heterocycles. The molecule has 2 heteroatoms. The minimum absolute atomic E-state index is 0.180. The molecule has 2 nitrogen and oxygen atoms in total. The number of Topliss-reactive ketones (excluding diaryl/α,β-unsaturated/α-hetero) is 1. The van der Waals surface area contributed by atoms with Crippen LogP contribution in [0.2, 0.25) is 0 Å². The molecule has 0 aromatic rings. The third-order valence-corrected chi connectivity index (χ3v) is 4.49. The first-order chi connectivity index (χ1) is 6.04. The topological polar surface area (TPSA) is 37.3 Å². The van der Waals surface area contributed by atoms with Gasteiger partial charge >= 0.3 is 0 Å². The van der Waals surface area contributed by atoms with Crippen LogP contribution in [-0.2, 0) is 4.79 Å². The summed E-state index contributed by atoms with van der Waals surface area (Å²) < 4.78 is 0. The van der Waals surface area contributed by atoms with Crippen molar-refractivity contribution in [2.45, 2.75) is 45.6 Å². The van der Waals surface area contributed by atoms with Gasteiger partial charge in [0.2, 0.25) is 0 Å². The largest absolute Gasteiger partial charge is 0.393 e. The SMILES string of the molecule is C[C@H]1[C@H](O)C[C@@H]2CC(=O)CC[C@@]21C. The molecule has 2 fully saturated rings. The summed E-state index contributed by atoms with van der Waals surface area (Å²) in [5.41, 5.74) is 0.229. The van der Waals surface area contributed by atoms with Crippen molar-refractivity contribution in [1.82, 2.24) is 0 Å². The molecule has 2 aliphatic rings. The Labute approximate surface area is 79.3 Å². The number of hydrogen-bond acceptors (Lipinski definition) is 2. The molecule has 0 spiro atoms. The van der Waals surface area contributed by atoms with Gasteiger partial charge in [0.15, 0.2) is 0 Å². The number of hydrogen-bond donors (Lipinski definition) is 1. The summed E-state index contributed by atoms with van der Waals surface area (Å²) in [6, 6.07) is 0. The lowest BCUT2D eigenvalue weighted by Crippen LogP contribution is -2.34. The summed E-state index contributed by atoms with van der Waals surface area (Å²) in [5.74, 6) is 1.20. The molecule has 0 heterocycles. The van der Waals surface area contributed by atoms with Crippen LogP contribution < -0.4 is 0 Å². The molecular weight excluding hydrogens is 164 g/mol. The van der Waals surface area contributed by atoms with Crippen LogP contribution >= 0.6 is 0 Å². The first-order valence-corrected chi connectivity index (χ1v) is 5.24. The van der Waals surface area contributed by atoms with E-state index in [1.54, 1.807) is 0 Å². The lowest BCUT2D eigenvalue weighted by Gasteiger charge is -2.38. The summed E-state index contributed by atoms with van der Waals surface area (Å²) in [7, 11) is 0.